The van der Waals surface area contributed by atoms with Crippen LogP contribution in [0.2, 0.25) is 0 Å². The van der Waals surface area contributed by atoms with Gasteiger partial charge in [-0.25, -0.2) is 0 Å². The third-order valence-corrected chi connectivity index (χ3v) is 4.72. The van der Waals surface area contributed by atoms with E-state index in [2.05, 4.69) is 10.6 Å². The van der Waals surface area contributed by atoms with Crippen LogP contribution >= 0.6 is 12.4 Å². The molecule has 1 unspecified atom stereocenters. The fourth-order valence-corrected chi connectivity index (χ4v) is 3.12. The summed E-state index contributed by atoms with van der Waals surface area (Å²) >= 11 is 0. The Bertz CT molecular complexity index is 633. The molecular formula is C19H30ClN3O4. The maximum absolute atomic E-state index is 12.7. The fourth-order valence-electron chi connectivity index (χ4n) is 3.12. The quantitative estimate of drug-likeness (QED) is 0.729. The fraction of sp³-hybridized carbons (Fsp3) is 0.579. The van der Waals surface area contributed by atoms with Crippen LogP contribution in [-0.2, 0) is 4.79 Å². The van der Waals surface area contributed by atoms with Crippen molar-refractivity contribution in [3.8, 4) is 11.5 Å². The zero-order chi connectivity index (χ0) is 19.1. The van der Waals surface area contributed by atoms with Crippen molar-refractivity contribution in [1.29, 1.82) is 0 Å². The van der Waals surface area contributed by atoms with Gasteiger partial charge in [-0.3, -0.25) is 9.59 Å². The molecule has 2 amide bonds. The number of nitrogens with one attached hydrogen (secondary N) is 2. The molecule has 27 heavy (non-hydrogen) atoms. The van der Waals surface area contributed by atoms with Crippen LogP contribution in [0.25, 0.3) is 0 Å². The van der Waals surface area contributed by atoms with Gasteiger partial charge >= 0.3 is 0 Å². The van der Waals surface area contributed by atoms with Crippen molar-refractivity contribution in [2.75, 3.05) is 40.9 Å². The van der Waals surface area contributed by atoms with Crippen LogP contribution < -0.4 is 20.1 Å². The molecule has 1 saturated heterocycles. The molecule has 0 saturated carbocycles. The summed E-state index contributed by atoms with van der Waals surface area (Å²) in [6.07, 6.45) is 1.52. The van der Waals surface area contributed by atoms with E-state index in [-0.39, 0.29) is 36.2 Å². The number of amides is 2. The number of carbonyl (C=O) groups excluding carboxylic acids is 2. The lowest BCUT2D eigenvalue weighted by Crippen LogP contribution is -2.48. The normalized spacial score (nSPS) is 15.5. The average Bonchev–Trinajstić information content (AvgIpc) is 2.67. The topological polar surface area (TPSA) is 79.9 Å². The predicted octanol–water partition coefficient (Wildman–Crippen LogP) is 1.70. The molecule has 0 aliphatic carbocycles. The van der Waals surface area contributed by atoms with Gasteiger partial charge in [0.2, 0.25) is 5.91 Å². The Balaban J connectivity index is 0.00000364. The second-order valence-corrected chi connectivity index (χ2v) is 6.60. The number of hydrogen-bond acceptors (Lipinski definition) is 5. The monoisotopic (exact) mass is 399 g/mol. The number of likely N-dealkylation sites (tertiary alicyclic amines) is 1. The van der Waals surface area contributed by atoms with E-state index >= 15 is 0 Å². The summed E-state index contributed by atoms with van der Waals surface area (Å²) in [5.41, 5.74) is 0.577. The largest absolute Gasteiger partial charge is 0.493 e. The zero-order valence-electron chi connectivity index (χ0n) is 16.4. The van der Waals surface area contributed by atoms with Crippen molar-refractivity contribution < 1.29 is 19.1 Å². The molecule has 1 heterocycles. The van der Waals surface area contributed by atoms with Crippen molar-refractivity contribution in [3.63, 3.8) is 0 Å². The van der Waals surface area contributed by atoms with Crippen molar-refractivity contribution in [3.05, 3.63) is 23.8 Å². The van der Waals surface area contributed by atoms with E-state index < -0.39 is 0 Å². The minimum absolute atomic E-state index is 0. The van der Waals surface area contributed by atoms with Gasteiger partial charge < -0.3 is 25.0 Å². The van der Waals surface area contributed by atoms with E-state index in [1.165, 1.54) is 0 Å². The van der Waals surface area contributed by atoms with Crippen molar-refractivity contribution in [2.45, 2.75) is 25.8 Å². The lowest BCUT2D eigenvalue weighted by Gasteiger charge is -2.33. The highest BCUT2D eigenvalue weighted by molar-refractivity contribution is 5.95. The van der Waals surface area contributed by atoms with Crippen LogP contribution in [-0.4, -0.2) is 63.7 Å². The van der Waals surface area contributed by atoms with Crippen molar-refractivity contribution >= 4 is 24.2 Å². The maximum Gasteiger partial charge on any atom is 0.253 e. The predicted molar refractivity (Wildman–Crippen MR) is 107 cm³/mol. The Labute approximate surface area is 167 Å². The first-order valence-corrected chi connectivity index (χ1v) is 8.96. The van der Waals surface area contributed by atoms with E-state index in [1.807, 2.05) is 18.9 Å². The molecule has 8 heteroatoms. The number of benzene rings is 1. The Morgan fingerprint density at radius 1 is 1.19 bits per heavy atom. The summed E-state index contributed by atoms with van der Waals surface area (Å²) in [7, 11) is 4.95. The highest BCUT2D eigenvalue weighted by Crippen LogP contribution is 2.28. The molecule has 2 N–H and O–H groups in total. The van der Waals surface area contributed by atoms with Gasteiger partial charge in [0.15, 0.2) is 11.5 Å². The molecule has 0 radical (unpaired) electrons. The number of ether oxygens (including phenoxy) is 2. The number of carbonyl (C=O) groups is 2. The summed E-state index contributed by atoms with van der Waals surface area (Å²) in [5, 5.41) is 6.09. The number of halogens is 1. The second-order valence-electron chi connectivity index (χ2n) is 6.60. The first kappa shape index (κ1) is 23.0. The number of rotatable bonds is 7. The second kappa shape index (κ2) is 11.0. The van der Waals surface area contributed by atoms with Gasteiger partial charge in [0.05, 0.1) is 14.2 Å². The van der Waals surface area contributed by atoms with E-state index in [1.54, 1.807) is 32.4 Å². The van der Waals surface area contributed by atoms with Gasteiger partial charge in [0.1, 0.15) is 0 Å². The first-order valence-electron chi connectivity index (χ1n) is 8.96. The molecule has 0 bridgehead atoms. The van der Waals surface area contributed by atoms with Crippen molar-refractivity contribution in [1.82, 2.24) is 15.5 Å². The van der Waals surface area contributed by atoms with Crippen LogP contribution in [0, 0.1) is 5.92 Å². The number of methoxy groups -OCH3 is 2. The lowest BCUT2D eigenvalue weighted by atomic mass is 10.0. The summed E-state index contributed by atoms with van der Waals surface area (Å²) < 4.78 is 10.5. The number of hydrogen-bond donors (Lipinski definition) is 2. The number of nitrogens with zero attached hydrogens (tertiary/aromatic N) is 1. The first-order chi connectivity index (χ1) is 12.5. The average molecular weight is 400 g/mol. The summed E-state index contributed by atoms with van der Waals surface area (Å²) in [6, 6.07) is 5.31. The van der Waals surface area contributed by atoms with Crippen molar-refractivity contribution in [2.24, 2.45) is 5.92 Å². The van der Waals surface area contributed by atoms with Crippen LogP contribution in [0.4, 0.5) is 0 Å². The van der Waals surface area contributed by atoms with E-state index in [0.29, 0.717) is 36.7 Å². The molecule has 0 spiro atoms. The molecule has 1 fully saturated rings. The smallest absolute Gasteiger partial charge is 0.253 e. The Morgan fingerprint density at radius 2 is 1.81 bits per heavy atom. The van der Waals surface area contributed by atoms with E-state index in [0.717, 1.165) is 12.8 Å². The van der Waals surface area contributed by atoms with E-state index in [4.69, 9.17) is 9.47 Å². The summed E-state index contributed by atoms with van der Waals surface area (Å²) in [6.45, 7) is 3.81. The molecule has 152 valence electrons. The minimum atomic E-state index is -0.0635. The standard InChI is InChI=1S/C19H29N3O4.ClH/c1-13(12-20-2)18(23)21-15-7-9-22(10-8-15)19(24)14-5-6-16(25-3)17(11-14)26-4;/h5-6,11,13,15,20H,7-10,12H2,1-4H3,(H,21,23);1H. The molecule has 0 aromatic heterocycles. The van der Waals surface area contributed by atoms with Gasteiger partial charge in [0, 0.05) is 37.2 Å². The molecule has 1 aromatic rings. The molecule has 7 nitrogen and oxygen atoms in total. The maximum atomic E-state index is 12.7. The Morgan fingerprint density at radius 3 is 2.37 bits per heavy atom. The van der Waals surface area contributed by atoms with Gasteiger partial charge in [-0.05, 0) is 38.1 Å². The number of piperidine rings is 1. The molecule has 1 aliphatic rings. The van der Waals surface area contributed by atoms with Crippen LogP contribution in [0.5, 0.6) is 11.5 Å². The Kier molecular flexibility index (Phi) is 9.38. The highest BCUT2D eigenvalue weighted by Gasteiger charge is 2.26. The lowest BCUT2D eigenvalue weighted by molar-refractivity contribution is -0.125. The molecule has 1 aliphatic heterocycles. The summed E-state index contributed by atoms with van der Waals surface area (Å²) in [5.74, 6) is 1.11. The van der Waals surface area contributed by atoms with E-state index in [9.17, 15) is 9.59 Å². The SMILES string of the molecule is CNCC(C)C(=O)NC1CCN(C(=O)c2ccc(OC)c(OC)c2)CC1.Cl. The molecule has 1 atom stereocenters. The van der Waals surface area contributed by atoms with Gasteiger partial charge in [0.25, 0.3) is 5.91 Å². The molecule has 2 rings (SSSR count). The van der Waals surface area contributed by atoms with Gasteiger partial charge in [-0.1, -0.05) is 6.92 Å². The minimum Gasteiger partial charge on any atom is -0.493 e. The zero-order valence-corrected chi connectivity index (χ0v) is 17.2. The third kappa shape index (κ3) is 6.01. The third-order valence-electron chi connectivity index (χ3n) is 4.72. The highest BCUT2D eigenvalue weighted by atomic mass is 35.5. The van der Waals surface area contributed by atoms with Crippen LogP contribution in [0.15, 0.2) is 18.2 Å². The van der Waals surface area contributed by atoms with Crippen LogP contribution in [0.3, 0.4) is 0 Å². The van der Waals surface area contributed by atoms with Gasteiger partial charge in [-0.2, -0.15) is 0 Å². The van der Waals surface area contributed by atoms with Crippen LogP contribution in [0.1, 0.15) is 30.1 Å². The summed E-state index contributed by atoms with van der Waals surface area (Å²) in [4.78, 5) is 26.7. The molecule has 1 aromatic carbocycles. The molecular weight excluding hydrogens is 370 g/mol. The van der Waals surface area contributed by atoms with Gasteiger partial charge in [-0.15, -0.1) is 12.4 Å². The Hall–Kier alpha value is -1.99.